The van der Waals surface area contributed by atoms with E-state index in [1.54, 1.807) is 0 Å². The molecule has 21 heavy (non-hydrogen) atoms. The highest BCUT2D eigenvalue weighted by Crippen LogP contribution is 2.22. The third kappa shape index (κ3) is 3.46. The summed E-state index contributed by atoms with van der Waals surface area (Å²) in [6.07, 6.45) is 3.29. The summed E-state index contributed by atoms with van der Waals surface area (Å²) >= 11 is 0. The molecule has 2 rings (SSSR count). The van der Waals surface area contributed by atoms with Gasteiger partial charge in [-0.1, -0.05) is 24.6 Å². The number of hydrogen-bond acceptors (Lipinski definition) is 1. The van der Waals surface area contributed by atoms with Gasteiger partial charge in [0, 0.05) is 18.5 Å². The molecule has 0 aliphatic carbocycles. The predicted octanol–water partition coefficient (Wildman–Crippen LogP) is 2.40. The maximum absolute atomic E-state index is 12.7. The zero-order valence-corrected chi connectivity index (χ0v) is 14.0. The monoisotopic (exact) mass is 289 g/mol. The SMILES string of the molecule is CC[C@@H](C)[NH+]1CCC[C@@H]1C(=O)Nc1c(C)cc(C)cc1C. The minimum atomic E-state index is 0.111. The molecule has 0 radical (unpaired) electrons. The summed E-state index contributed by atoms with van der Waals surface area (Å²) in [5.41, 5.74) is 4.56. The van der Waals surface area contributed by atoms with E-state index < -0.39 is 0 Å². The molecule has 1 amide bonds. The number of nitrogens with one attached hydrogen (secondary N) is 2. The number of hydrogen-bond donors (Lipinski definition) is 2. The van der Waals surface area contributed by atoms with Crippen LogP contribution in [0, 0.1) is 20.8 Å². The lowest BCUT2D eigenvalue weighted by molar-refractivity contribution is -0.926. The largest absolute Gasteiger partial charge is 0.323 e. The van der Waals surface area contributed by atoms with Gasteiger partial charge in [0.05, 0.1) is 12.6 Å². The summed E-state index contributed by atoms with van der Waals surface area (Å²) in [6.45, 7) is 11.8. The lowest BCUT2D eigenvalue weighted by Crippen LogP contribution is -3.18. The summed E-state index contributed by atoms with van der Waals surface area (Å²) in [4.78, 5) is 14.2. The Bertz CT molecular complexity index is 501. The van der Waals surface area contributed by atoms with Crippen LogP contribution in [0.4, 0.5) is 5.69 Å². The normalized spacial score (nSPS) is 23.1. The topological polar surface area (TPSA) is 33.5 Å². The third-order valence-electron chi connectivity index (χ3n) is 4.89. The molecule has 0 spiro atoms. The summed E-state index contributed by atoms with van der Waals surface area (Å²) in [6, 6.07) is 4.94. The number of carbonyl (C=O) groups excluding carboxylic acids is 1. The van der Waals surface area contributed by atoms with Crippen LogP contribution in [0.1, 0.15) is 49.8 Å². The summed E-state index contributed by atoms with van der Waals surface area (Å²) in [5.74, 6) is 0.192. The van der Waals surface area contributed by atoms with Crippen molar-refractivity contribution in [2.24, 2.45) is 0 Å². The number of anilines is 1. The molecule has 1 aromatic rings. The minimum absolute atomic E-state index is 0.111. The maximum atomic E-state index is 12.7. The Kier molecular flexibility index (Phi) is 5.04. The van der Waals surface area contributed by atoms with Gasteiger partial charge in [0.15, 0.2) is 6.04 Å². The number of aryl methyl sites for hydroxylation is 3. The highest BCUT2D eigenvalue weighted by atomic mass is 16.2. The highest BCUT2D eigenvalue weighted by molar-refractivity contribution is 5.95. The van der Waals surface area contributed by atoms with E-state index in [4.69, 9.17) is 0 Å². The molecule has 1 fully saturated rings. The Hall–Kier alpha value is -1.35. The van der Waals surface area contributed by atoms with Crippen LogP contribution in [0.3, 0.4) is 0 Å². The first-order valence-corrected chi connectivity index (χ1v) is 8.18. The fourth-order valence-corrected chi connectivity index (χ4v) is 3.61. The molecule has 2 N–H and O–H groups in total. The average molecular weight is 289 g/mol. The fraction of sp³-hybridized carbons (Fsp3) is 0.611. The van der Waals surface area contributed by atoms with Crippen molar-refractivity contribution >= 4 is 11.6 Å². The molecule has 0 bridgehead atoms. The van der Waals surface area contributed by atoms with Crippen molar-refractivity contribution in [1.29, 1.82) is 0 Å². The minimum Gasteiger partial charge on any atom is -0.323 e. The van der Waals surface area contributed by atoms with Gasteiger partial charge >= 0.3 is 0 Å². The lowest BCUT2D eigenvalue weighted by atomic mass is 10.0. The van der Waals surface area contributed by atoms with Crippen LogP contribution in [0.15, 0.2) is 12.1 Å². The van der Waals surface area contributed by atoms with Crippen molar-refractivity contribution in [3.8, 4) is 0 Å². The van der Waals surface area contributed by atoms with Crippen molar-refractivity contribution in [3.05, 3.63) is 28.8 Å². The standard InChI is InChI=1S/C18H28N2O/c1-6-15(5)20-9-7-8-16(20)18(21)19-17-13(3)10-12(2)11-14(17)4/h10-11,15-16H,6-9H2,1-5H3,(H,19,21)/p+1/t15-,16-/m1/s1. The van der Waals surface area contributed by atoms with Crippen LogP contribution in [-0.4, -0.2) is 24.5 Å². The van der Waals surface area contributed by atoms with Crippen LogP contribution in [0.25, 0.3) is 0 Å². The number of likely N-dealkylation sites (tertiary alicyclic amines) is 1. The first-order chi connectivity index (χ1) is 9.93. The number of quaternary nitrogens is 1. The number of carbonyl (C=O) groups is 1. The van der Waals surface area contributed by atoms with E-state index >= 15 is 0 Å². The smallest absolute Gasteiger partial charge is 0.282 e. The Morgan fingerprint density at radius 2 is 1.95 bits per heavy atom. The van der Waals surface area contributed by atoms with Gasteiger partial charge in [-0.05, 0) is 45.2 Å². The van der Waals surface area contributed by atoms with Gasteiger partial charge in [-0.15, -0.1) is 0 Å². The maximum Gasteiger partial charge on any atom is 0.282 e. The molecular formula is C18H29N2O+. The molecular weight excluding hydrogens is 260 g/mol. The molecule has 1 aliphatic rings. The van der Waals surface area contributed by atoms with Gasteiger partial charge in [-0.3, -0.25) is 4.79 Å². The highest BCUT2D eigenvalue weighted by Gasteiger charge is 2.37. The van der Waals surface area contributed by atoms with Gasteiger partial charge in [0.25, 0.3) is 5.91 Å². The Labute approximate surface area is 128 Å². The van der Waals surface area contributed by atoms with E-state index in [9.17, 15) is 4.79 Å². The molecule has 1 aliphatic heterocycles. The quantitative estimate of drug-likeness (QED) is 0.877. The molecule has 1 aromatic carbocycles. The van der Waals surface area contributed by atoms with E-state index in [2.05, 4.69) is 52.1 Å². The van der Waals surface area contributed by atoms with E-state index in [0.29, 0.717) is 6.04 Å². The molecule has 1 unspecified atom stereocenters. The van der Waals surface area contributed by atoms with Crippen LogP contribution in [0.5, 0.6) is 0 Å². The number of amides is 1. The van der Waals surface area contributed by atoms with Gasteiger partial charge in [-0.2, -0.15) is 0 Å². The van der Waals surface area contributed by atoms with Gasteiger partial charge in [0.1, 0.15) is 0 Å². The zero-order chi connectivity index (χ0) is 15.6. The van der Waals surface area contributed by atoms with Crippen molar-refractivity contribution < 1.29 is 9.69 Å². The van der Waals surface area contributed by atoms with Gasteiger partial charge in [-0.25, -0.2) is 0 Å². The van der Waals surface area contributed by atoms with Crippen LogP contribution < -0.4 is 10.2 Å². The molecule has 1 saturated heterocycles. The van der Waals surface area contributed by atoms with Crippen LogP contribution >= 0.6 is 0 Å². The second-order valence-corrected chi connectivity index (χ2v) is 6.59. The molecule has 1 heterocycles. The molecule has 0 aromatic heterocycles. The fourth-order valence-electron chi connectivity index (χ4n) is 3.61. The molecule has 116 valence electrons. The summed E-state index contributed by atoms with van der Waals surface area (Å²) in [5, 5.41) is 3.20. The van der Waals surface area contributed by atoms with Crippen molar-refractivity contribution in [2.45, 2.75) is 66.0 Å². The average Bonchev–Trinajstić information content (AvgIpc) is 2.91. The first kappa shape index (κ1) is 16.0. The Morgan fingerprint density at radius 3 is 2.52 bits per heavy atom. The zero-order valence-electron chi connectivity index (χ0n) is 14.0. The van der Waals surface area contributed by atoms with E-state index in [0.717, 1.165) is 42.6 Å². The van der Waals surface area contributed by atoms with Crippen molar-refractivity contribution in [3.63, 3.8) is 0 Å². The van der Waals surface area contributed by atoms with Crippen LogP contribution in [0.2, 0.25) is 0 Å². The second-order valence-electron chi connectivity index (χ2n) is 6.59. The van der Waals surface area contributed by atoms with Gasteiger partial charge in [0.2, 0.25) is 0 Å². The summed E-state index contributed by atoms with van der Waals surface area (Å²) in [7, 11) is 0. The molecule has 3 nitrogen and oxygen atoms in total. The molecule has 3 heteroatoms. The first-order valence-electron chi connectivity index (χ1n) is 8.18. The predicted molar refractivity (Wildman–Crippen MR) is 87.9 cm³/mol. The second kappa shape index (κ2) is 6.61. The number of rotatable bonds is 4. The van der Waals surface area contributed by atoms with E-state index in [1.807, 2.05) is 0 Å². The molecule has 3 atom stereocenters. The lowest BCUT2D eigenvalue weighted by Gasteiger charge is -2.26. The number of benzene rings is 1. The van der Waals surface area contributed by atoms with Crippen LogP contribution in [-0.2, 0) is 4.79 Å². The van der Waals surface area contributed by atoms with E-state index in [1.165, 1.54) is 10.5 Å². The Morgan fingerprint density at radius 1 is 1.33 bits per heavy atom. The van der Waals surface area contributed by atoms with E-state index in [-0.39, 0.29) is 11.9 Å². The Balaban J connectivity index is 2.15. The third-order valence-corrected chi connectivity index (χ3v) is 4.89. The van der Waals surface area contributed by atoms with Crippen molar-refractivity contribution in [2.75, 3.05) is 11.9 Å². The molecule has 0 saturated carbocycles. The van der Waals surface area contributed by atoms with Gasteiger partial charge < -0.3 is 10.2 Å². The summed E-state index contributed by atoms with van der Waals surface area (Å²) < 4.78 is 0. The van der Waals surface area contributed by atoms with Crippen molar-refractivity contribution in [1.82, 2.24) is 0 Å².